The Morgan fingerprint density at radius 1 is 1.28 bits per heavy atom. The number of aromatic nitrogens is 1. The molecule has 0 fully saturated rings. The number of benzene rings is 1. The third-order valence-corrected chi connectivity index (χ3v) is 2.78. The lowest BCUT2D eigenvalue weighted by atomic mass is 10.00. The van der Waals surface area contributed by atoms with E-state index in [1.807, 2.05) is 36.4 Å². The van der Waals surface area contributed by atoms with E-state index in [9.17, 15) is 0 Å². The van der Waals surface area contributed by atoms with Crippen LogP contribution in [-0.2, 0) is 0 Å². The minimum Gasteiger partial charge on any atom is -0.497 e. The SMILES string of the molecule is COc1cccc(C(NN)c2cccnc2N)c1. The molecule has 1 heterocycles. The Hall–Kier alpha value is -2.11. The molecule has 0 bridgehead atoms. The number of ether oxygens (including phenoxy) is 1. The van der Waals surface area contributed by atoms with Crippen molar-refractivity contribution in [3.8, 4) is 5.75 Å². The van der Waals surface area contributed by atoms with Gasteiger partial charge in [0.1, 0.15) is 11.6 Å². The van der Waals surface area contributed by atoms with Gasteiger partial charge in [-0.1, -0.05) is 18.2 Å². The molecule has 1 aromatic carbocycles. The van der Waals surface area contributed by atoms with Gasteiger partial charge in [-0.15, -0.1) is 0 Å². The van der Waals surface area contributed by atoms with E-state index in [0.29, 0.717) is 5.82 Å². The summed E-state index contributed by atoms with van der Waals surface area (Å²) in [6.45, 7) is 0. The van der Waals surface area contributed by atoms with E-state index < -0.39 is 0 Å². The van der Waals surface area contributed by atoms with Crippen molar-refractivity contribution in [2.24, 2.45) is 5.84 Å². The number of methoxy groups -OCH3 is 1. The molecule has 5 heteroatoms. The lowest BCUT2D eigenvalue weighted by molar-refractivity contribution is 0.413. The highest BCUT2D eigenvalue weighted by Gasteiger charge is 2.15. The molecule has 18 heavy (non-hydrogen) atoms. The van der Waals surface area contributed by atoms with Gasteiger partial charge in [-0.05, 0) is 23.8 Å². The highest BCUT2D eigenvalue weighted by Crippen LogP contribution is 2.26. The number of anilines is 1. The predicted octanol–water partition coefficient (Wildman–Crippen LogP) is 1.23. The van der Waals surface area contributed by atoms with Gasteiger partial charge in [0.05, 0.1) is 13.2 Å². The number of pyridine rings is 1. The topological polar surface area (TPSA) is 86.2 Å². The summed E-state index contributed by atoms with van der Waals surface area (Å²) in [5, 5.41) is 0. The van der Waals surface area contributed by atoms with Gasteiger partial charge in [-0.2, -0.15) is 0 Å². The Morgan fingerprint density at radius 2 is 2.11 bits per heavy atom. The number of nitrogens with one attached hydrogen (secondary N) is 1. The maximum absolute atomic E-state index is 5.87. The van der Waals surface area contributed by atoms with Crippen LogP contribution in [0.3, 0.4) is 0 Å². The van der Waals surface area contributed by atoms with Crippen molar-refractivity contribution in [3.05, 3.63) is 53.7 Å². The van der Waals surface area contributed by atoms with Crippen molar-refractivity contribution in [3.63, 3.8) is 0 Å². The van der Waals surface area contributed by atoms with Crippen LogP contribution < -0.4 is 21.7 Å². The van der Waals surface area contributed by atoms with Crippen LogP contribution in [0.1, 0.15) is 17.2 Å². The Bertz CT molecular complexity index is 530. The molecular formula is C13H16N4O. The van der Waals surface area contributed by atoms with E-state index in [0.717, 1.165) is 16.9 Å². The van der Waals surface area contributed by atoms with Gasteiger partial charge in [-0.3, -0.25) is 5.84 Å². The molecule has 0 saturated heterocycles. The summed E-state index contributed by atoms with van der Waals surface area (Å²) in [4.78, 5) is 4.07. The maximum Gasteiger partial charge on any atom is 0.128 e. The molecule has 0 saturated carbocycles. The summed E-state index contributed by atoms with van der Waals surface area (Å²) in [5.41, 5.74) is 10.4. The molecule has 2 rings (SSSR count). The second-order valence-corrected chi connectivity index (χ2v) is 3.85. The number of hydrazine groups is 1. The van der Waals surface area contributed by atoms with Gasteiger partial charge >= 0.3 is 0 Å². The van der Waals surface area contributed by atoms with E-state index in [-0.39, 0.29) is 6.04 Å². The van der Waals surface area contributed by atoms with Crippen LogP contribution >= 0.6 is 0 Å². The van der Waals surface area contributed by atoms with Crippen molar-refractivity contribution in [1.29, 1.82) is 0 Å². The fraction of sp³-hybridized carbons (Fsp3) is 0.154. The van der Waals surface area contributed by atoms with Crippen LogP contribution in [0.25, 0.3) is 0 Å². The van der Waals surface area contributed by atoms with Crippen molar-refractivity contribution >= 4 is 5.82 Å². The second-order valence-electron chi connectivity index (χ2n) is 3.85. The first-order valence-electron chi connectivity index (χ1n) is 5.56. The zero-order valence-corrected chi connectivity index (χ0v) is 10.1. The minimum atomic E-state index is -0.214. The molecule has 5 nitrogen and oxygen atoms in total. The van der Waals surface area contributed by atoms with E-state index >= 15 is 0 Å². The van der Waals surface area contributed by atoms with E-state index in [2.05, 4.69) is 10.4 Å². The largest absolute Gasteiger partial charge is 0.497 e. The standard InChI is InChI=1S/C13H16N4O/c1-18-10-5-2-4-9(8-10)12(17-15)11-6-3-7-16-13(11)14/h2-8,12,17H,15H2,1H3,(H2,14,16). The molecule has 0 aliphatic heterocycles. The molecule has 0 radical (unpaired) electrons. The van der Waals surface area contributed by atoms with Crippen molar-refractivity contribution < 1.29 is 4.74 Å². The molecule has 5 N–H and O–H groups in total. The van der Waals surface area contributed by atoms with E-state index in [1.54, 1.807) is 13.3 Å². The van der Waals surface area contributed by atoms with Gasteiger partial charge in [0.2, 0.25) is 0 Å². The van der Waals surface area contributed by atoms with Crippen molar-refractivity contribution in [1.82, 2.24) is 10.4 Å². The summed E-state index contributed by atoms with van der Waals surface area (Å²) in [6.07, 6.45) is 1.65. The smallest absolute Gasteiger partial charge is 0.128 e. The van der Waals surface area contributed by atoms with Crippen molar-refractivity contribution in [2.45, 2.75) is 6.04 Å². The fourth-order valence-electron chi connectivity index (χ4n) is 1.86. The van der Waals surface area contributed by atoms with Crippen LogP contribution in [0.2, 0.25) is 0 Å². The summed E-state index contributed by atoms with van der Waals surface area (Å²) in [7, 11) is 1.63. The highest BCUT2D eigenvalue weighted by molar-refractivity contribution is 5.46. The molecule has 94 valence electrons. The second kappa shape index (κ2) is 5.48. The predicted molar refractivity (Wildman–Crippen MR) is 70.8 cm³/mol. The van der Waals surface area contributed by atoms with Crippen LogP contribution in [0.4, 0.5) is 5.82 Å². The first kappa shape index (κ1) is 12.3. The molecular weight excluding hydrogens is 228 g/mol. The molecule has 0 spiro atoms. The van der Waals surface area contributed by atoms with Crippen LogP contribution in [0.5, 0.6) is 5.75 Å². The molecule has 1 atom stereocenters. The zero-order valence-electron chi connectivity index (χ0n) is 10.1. The van der Waals surface area contributed by atoms with Gasteiger partial charge in [0, 0.05) is 11.8 Å². The van der Waals surface area contributed by atoms with Gasteiger partial charge in [0.15, 0.2) is 0 Å². The molecule has 0 aliphatic rings. The highest BCUT2D eigenvalue weighted by atomic mass is 16.5. The molecule has 0 amide bonds. The van der Waals surface area contributed by atoms with Gasteiger partial charge in [0.25, 0.3) is 0 Å². The summed E-state index contributed by atoms with van der Waals surface area (Å²) in [5.74, 6) is 6.86. The molecule has 1 unspecified atom stereocenters. The maximum atomic E-state index is 5.87. The number of hydrogen-bond donors (Lipinski definition) is 3. The van der Waals surface area contributed by atoms with E-state index in [4.69, 9.17) is 16.3 Å². The monoisotopic (exact) mass is 244 g/mol. The molecule has 0 aliphatic carbocycles. The van der Waals surface area contributed by atoms with Crippen LogP contribution in [0, 0.1) is 0 Å². The number of nitrogens with two attached hydrogens (primary N) is 2. The Morgan fingerprint density at radius 3 is 2.78 bits per heavy atom. The Kier molecular flexibility index (Phi) is 3.76. The third-order valence-electron chi connectivity index (χ3n) is 2.78. The minimum absolute atomic E-state index is 0.214. The van der Waals surface area contributed by atoms with Crippen LogP contribution in [-0.4, -0.2) is 12.1 Å². The Balaban J connectivity index is 2.42. The number of nitrogens with zero attached hydrogens (tertiary/aromatic N) is 1. The molecule has 1 aromatic heterocycles. The van der Waals surface area contributed by atoms with Crippen LogP contribution in [0.15, 0.2) is 42.6 Å². The third kappa shape index (κ3) is 2.42. The summed E-state index contributed by atoms with van der Waals surface area (Å²) >= 11 is 0. The molecule has 2 aromatic rings. The quantitative estimate of drug-likeness (QED) is 0.556. The zero-order chi connectivity index (χ0) is 13.0. The normalized spacial score (nSPS) is 12.1. The van der Waals surface area contributed by atoms with Crippen molar-refractivity contribution in [2.75, 3.05) is 12.8 Å². The Labute approximate surface area is 106 Å². The van der Waals surface area contributed by atoms with Gasteiger partial charge in [-0.25, -0.2) is 10.4 Å². The summed E-state index contributed by atoms with van der Waals surface area (Å²) < 4.78 is 5.20. The number of rotatable bonds is 4. The average Bonchev–Trinajstić information content (AvgIpc) is 2.42. The first-order valence-corrected chi connectivity index (χ1v) is 5.56. The number of nitrogen functional groups attached to an aromatic ring is 1. The summed E-state index contributed by atoms with van der Waals surface area (Å²) in [6, 6.07) is 11.2. The first-order chi connectivity index (χ1) is 8.76. The lowest BCUT2D eigenvalue weighted by Crippen LogP contribution is -2.29. The average molecular weight is 244 g/mol. The van der Waals surface area contributed by atoms with E-state index in [1.165, 1.54) is 0 Å². The van der Waals surface area contributed by atoms with Gasteiger partial charge < -0.3 is 10.5 Å². The lowest BCUT2D eigenvalue weighted by Gasteiger charge is -2.18. The number of hydrogen-bond acceptors (Lipinski definition) is 5. The fourth-order valence-corrected chi connectivity index (χ4v) is 1.86.